The Morgan fingerprint density at radius 2 is 1.45 bits per heavy atom. The molecule has 0 bridgehead atoms. The summed E-state index contributed by atoms with van der Waals surface area (Å²) >= 11 is 2.10. The van der Waals surface area contributed by atoms with E-state index >= 15 is 0 Å². The van der Waals surface area contributed by atoms with E-state index in [-0.39, 0.29) is 18.0 Å². The number of nitro benzene ring substituents is 1. The maximum atomic E-state index is 14.1. The van der Waals surface area contributed by atoms with Crippen molar-refractivity contribution in [3.8, 4) is 5.75 Å². The van der Waals surface area contributed by atoms with Crippen molar-refractivity contribution in [2.24, 2.45) is 0 Å². The van der Waals surface area contributed by atoms with E-state index < -0.39 is 20.6 Å². The lowest BCUT2D eigenvalue weighted by Crippen LogP contribution is -2.34. The van der Waals surface area contributed by atoms with Gasteiger partial charge in [-0.25, -0.2) is 8.42 Å². The largest absolute Gasteiger partial charge is 0.489 e. The summed E-state index contributed by atoms with van der Waals surface area (Å²) in [7, 11) is -4.30. The fourth-order valence-electron chi connectivity index (χ4n) is 4.46. The number of fused-ring (bicyclic) bond motifs is 1. The van der Waals surface area contributed by atoms with Crippen LogP contribution in [0.15, 0.2) is 120 Å². The van der Waals surface area contributed by atoms with Crippen molar-refractivity contribution in [2.75, 3.05) is 10.8 Å². The molecule has 0 atom stereocenters. The van der Waals surface area contributed by atoms with Gasteiger partial charge < -0.3 is 4.74 Å². The van der Waals surface area contributed by atoms with Crippen molar-refractivity contribution in [1.29, 1.82) is 0 Å². The van der Waals surface area contributed by atoms with E-state index in [1.54, 1.807) is 6.07 Å². The fourth-order valence-corrected chi connectivity index (χ4v) is 6.89. The quantitative estimate of drug-likeness (QED) is 0.0884. The molecule has 0 saturated heterocycles. The summed E-state index contributed by atoms with van der Waals surface area (Å²) < 4.78 is 36.1. The van der Waals surface area contributed by atoms with Gasteiger partial charge in [-0.3, -0.25) is 14.4 Å². The zero-order chi connectivity index (χ0) is 28.1. The van der Waals surface area contributed by atoms with Crippen LogP contribution < -0.4 is 9.04 Å². The second-order valence-electron chi connectivity index (χ2n) is 9.12. The van der Waals surface area contributed by atoms with Gasteiger partial charge in [-0.15, -0.1) is 0 Å². The molecule has 0 aliphatic rings. The Bertz CT molecular complexity index is 1780. The number of halogens is 1. The summed E-state index contributed by atoms with van der Waals surface area (Å²) in [5.74, 6) is 0.697. The highest BCUT2D eigenvalue weighted by atomic mass is 127. The van der Waals surface area contributed by atoms with Crippen molar-refractivity contribution >= 4 is 54.8 Å². The van der Waals surface area contributed by atoms with Gasteiger partial charge in [0.1, 0.15) is 12.4 Å². The molecule has 5 rings (SSSR count). The topological polar surface area (TPSA) is 89.8 Å². The zero-order valence-corrected chi connectivity index (χ0v) is 24.3. The molecule has 0 heterocycles. The van der Waals surface area contributed by atoms with Crippen LogP contribution in [0.3, 0.4) is 0 Å². The Morgan fingerprint density at radius 1 is 0.775 bits per heavy atom. The molecule has 0 aliphatic heterocycles. The molecule has 0 fully saturated rings. The minimum absolute atomic E-state index is 0.0890. The van der Waals surface area contributed by atoms with Gasteiger partial charge in [-0.2, -0.15) is 0 Å². The zero-order valence-electron chi connectivity index (χ0n) is 21.3. The summed E-state index contributed by atoms with van der Waals surface area (Å²) in [6, 6.07) is 34.3. The SMILES string of the molecule is O=[N+]([O-])c1ccccc1S(=O)(=O)N(CCc1ccc2ccccc2c1)c1cc(COc2ccccc2)ccc1I. The number of nitro groups is 1. The standard InChI is InChI=1S/C31H25IN2O5S/c32-28-17-15-24(22-39-27-10-2-1-3-11-27)21-30(28)33(40(37,38)31-13-7-6-12-29(31)34(35)36)19-18-23-14-16-25-8-4-5-9-26(25)20-23/h1-17,20-21H,18-19,22H2. The molecule has 0 radical (unpaired) electrons. The van der Waals surface area contributed by atoms with E-state index in [1.165, 1.54) is 28.6 Å². The third-order valence-corrected chi connectivity index (χ3v) is 9.25. The number of rotatable bonds is 10. The highest BCUT2D eigenvalue weighted by Gasteiger charge is 2.32. The van der Waals surface area contributed by atoms with Crippen molar-refractivity contribution in [2.45, 2.75) is 17.9 Å². The molecule has 9 heteroatoms. The first kappa shape index (κ1) is 27.6. The monoisotopic (exact) mass is 664 g/mol. The van der Waals surface area contributed by atoms with Crippen LogP contribution in [-0.4, -0.2) is 19.9 Å². The Balaban J connectivity index is 1.53. The molecular formula is C31H25IN2O5S. The van der Waals surface area contributed by atoms with E-state index in [0.717, 1.165) is 21.9 Å². The highest BCUT2D eigenvalue weighted by molar-refractivity contribution is 14.1. The third kappa shape index (κ3) is 6.10. The normalized spacial score (nSPS) is 11.3. The molecule has 0 aromatic heterocycles. The first-order valence-electron chi connectivity index (χ1n) is 12.5. The number of hydrogen-bond donors (Lipinski definition) is 0. The minimum atomic E-state index is -4.30. The average Bonchev–Trinajstić information content (AvgIpc) is 2.97. The molecule has 0 aliphatic carbocycles. The van der Waals surface area contributed by atoms with Gasteiger partial charge in [0.05, 0.1) is 10.6 Å². The van der Waals surface area contributed by atoms with Gasteiger partial charge in [0.25, 0.3) is 15.7 Å². The number of hydrogen-bond acceptors (Lipinski definition) is 5. The van der Waals surface area contributed by atoms with Crippen LogP contribution in [0.1, 0.15) is 11.1 Å². The summed E-state index contributed by atoms with van der Waals surface area (Å²) in [5, 5.41) is 13.9. The van der Waals surface area contributed by atoms with E-state index in [9.17, 15) is 18.5 Å². The lowest BCUT2D eigenvalue weighted by molar-refractivity contribution is -0.387. The van der Waals surface area contributed by atoms with Crippen molar-refractivity contribution in [3.05, 3.63) is 140 Å². The number of para-hydroxylation sites is 2. The van der Waals surface area contributed by atoms with Crippen LogP contribution in [-0.2, 0) is 23.1 Å². The molecule has 0 saturated carbocycles. The van der Waals surface area contributed by atoms with E-state index in [0.29, 0.717) is 21.4 Å². The summed E-state index contributed by atoms with van der Waals surface area (Å²) in [4.78, 5) is 10.8. The molecule has 7 nitrogen and oxygen atoms in total. The van der Waals surface area contributed by atoms with E-state index in [1.807, 2.05) is 84.9 Å². The summed E-state index contributed by atoms with van der Waals surface area (Å²) in [5.41, 5.74) is 1.71. The van der Waals surface area contributed by atoms with Crippen LogP contribution in [0.2, 0.25) is 0 Å². The van der Waals surface area contributed by atoms with Crippen LogP contribution in [0, 0.1) is 13.7 Å². The molecular weight excluding hydrogens is 639 g/mol. The number of benzene rings is 5. The maximum absolute atomic E-state index is 14.1. The van der Waals surface area contributed by atoms with Gasteiger partial charge in [-0.1, -0.05) is 78.9 Å². The molecule has 40 heavy (non-hydrogen) atoms. The third-order valence-electron chi connectivity index (χ3n) is 6.48. The summed E-state index contributed by atoms with van der Waals surface area (Å²) in [6.45, 7) is 0.323. The highest BCUT2D eigenvalue weighted by Crippen LogP contribution is 2.33. The average molecular weight is 665 g/mol. The second kappa shape index (κ2) is 12.1. The lowest BCUT2D eigenvalue weighted by atomic mass is 10.1. The molecule has 5 aromatic rings. The first-order chi connectivity index (χ1) is 19.3. The second-order valence-corrected chi connectivity index (χ2v) is 12.1. The Hall–Kier alpha value is -3.96. The van der Waals surface area contributed by atoms with Gasteiger partial charge in [0.15, 0.2) is 4.90 Å². The van der Waals surface area contributed by atoms with Gasteiger partial charge >= 0.3 is 0 Å². The van der Waals surface area contributed by atoms with Crippen LogP contribution in [0.25, 0.3) is 10.8 Å². The van der Waals surface area contributed by atoms with E-state index in [2.05, 4.69) is 22.6 Å². The Morgan fingerprint density at radius 3 is 2.23 bits per heavy atom. The first-order valence-corrected chi connectivity index (χ1v) is 15.0. The van der Waals surface area contributed by atoms with Gasteiger partial charge in [0, 0.05) is 16.2 Å². The Labute approximate surface area is 246 Å². The van der Waals surface area contributed by atoms with Crippen molar-refractivity contribution in [3.63, 3.8) is 0 Å². The lowest BCUT2D eigenvalue weighted by Gasteiger charge is -2.26. The van der Waals surface area contributed by atoms with Gasteiger partial charge in [0.2, 0.25) is 0 Å². The molecule has 0 amide bonds. The molecule has 5 aromatic carbocycles. The van der Waals surface area contributed by atoms with Crippen molar-refractivity contribution < 1.29 is 18.1 Å². The Kier molecular flexibility index (Phi) is 8.32. The molecule has 0 N–H and O–H groups in total. The predicted molar refractivity (Wildman–Crippen MR) is 165 cm³/mol. The van der Waals surface area contributed by atoms with E-state index in [4.69, 9.17) is 4.74 Å². The predicted octanol–water partition coefficient (Wildman–Crippen LogP) is 7.37. The molecule has 0 spiro atoms. The van der Waals surface area contributed by atoms with Crippen LogP contribution >= 0.6 is 22.6 Å². The number of sulfonamides is 1. The number of nitrogens with zero attached hydrogens (tertiary/aromatic N) is 2. The van der Waals surface area contributed by atoms with Crippen LogP contribution in [0.4, 0.5) is 11.4 Å². The number of ether oxygens (including phenoxy) is 1. The summed E-state index contributed by atoms with van der Waals surface area (Å²) in [6.07, 6.45) is 0.408. The smallest absolute Gasteiger partial charge is 0.289 e. The maximum Gasteiger partial charge on any atom is 0.289 e. The fraction of sp³-hybridized carbons (Fsp3) is 0.0968. The number of anilines is 1. The van der Waals surface area contributed by atoms with Crippen molar-refractivity contribution in [1.82, 2.24) is 0 Å². The van der Waals surface area contributed by atoms with Gasteiger partial charge in [-0.05, 0) is 81.2 Å². The van der Waals surface area contributed by atoms with Crippen LogP contribution in [0.5, 0.6) is 5.75 Å². The molecule has 0 unspecified atom stereocenters. The minimum Gasteiger partial charge on any atom is -0.489 e. The molecule has 202 valence electrons.